The number of halogens is 1. The first-order valence-corrected chi connectivity index (χ1v) is 7.52. The van der Waals surface area contributed by atoms with Gasteiger partial charge in [0.2, 0.25) is 5.91 Å². The van der Waals surface area contributed by atoms with E-state index in [4.69, 9.17) is 5.73 Å². The zero-order chi connectivity index (χ0) is 14.0. The zero-order valence-corrected chi connectivity index (χ0v) is 13.0. The molecule has 0 spiro atoms. The molecule has 1 atom stereocenters. The summed E-state index contributed by atoms with van der Waals surface area (Å²) in [6.07, 6.45) is 5.66. The van der Waals surface area contributed by atoms with Crippen LogP contribution in [0.3, 0.4) is 0 Å². The first kappa shape index (κ1) is 14.5. The number of piperidine rings is 1. The maximum atomic E-state index is 12.2. The number of likely N-dealkylation sites (tertiary alicyclic amines) is 1. The minimum absolute atomic E-state index is 0.0788. The molecule has 0 saturated carbocycles. The normalized spacial score (nSPS) is 18.9. The van der Waals surface area contributed by atoms with Gasteiger partial charge < -0.3 is 10.6 Å². The molecular formula is C13H21BrN4O. The average molecular weight is 329 g/mol. The monoisotopic (exact) mass is 328 g/mol. The van der Waals surface area contributed by atoms with Gasteiger partial charge in [-0.05, 0) is 34.7 Å². The topological polar surface area (TPSA) is 64.2 Å². The van der Waals surface area contributed by atoms with Crippen LogP contribution in [0.4, 0.5) is 0 Å². The Bertz CT molecular complexity index is 438. The molecule has 0 bridgehead atoms. The van der Waals surface area contributed by atoms with Crippen molar-refractivity contribution >= 4 is 21.8 Å². The minimum Gasteiger partial charge on any atom is -0.341 e. The van der Waals surface area contributed by atoms with E-state index >= 15 is 0 Å². The first-order chi connectivity index (χ1) is 8.99. The van der Waals surface area contributed by atoms with Crippen molar-refractivity contribution in [2.75, 3.05) is 13.1 Å². The highest BCUT2D eigenvalue weighted by Gasteiger charge is 2.28. The minimum atomic E-state index is -0.379. The van der Waals surface area contributed by atoms with Gasteiger partial charge in [0.05, 0.1) is 22.8 Å². The lowest BCUT2D eigenvalue weighted by molar-refractivity contribution is -0.134. The fraction of sp³-hybridized carbons (Fsp3) is 0.692. The highest BCUT2D eigenvalue weighted by atomic mass is 79.9. The third-order valence-corrected chi connectivity index (χ3v) is 4.13. The van der Waals surface area contributed by atoms with Gasteiger partial charge in [0.25, 0.3) is 0 Å². The van der Waals surface area contributed by atoms with Gasteiger partial charge in [-0.25, -0.2) is 0 Å². The molecule has 0 aromatic carbocycles. The summed E-state index contributed by atoms with van der Waals surface area (Å²) < 4.78 is 2.97. The molecule has 0 aliphatic carbocycles. The van der Waals surface area contributed by atoms with Gasteiger partial charge in [-0.2, -0.15) is 5.10 Å². The van der Waals surface area contributed by atoms with Crippen molar-refractivity contribution in [1.29, 1.82) is 0 Å². The Kier molecular flexibility index (Phi) is 4.62. The van der Waals surface area contributed by atoms with Crippen molar-refractivity contribution < 1.29 is 4.79 Å². The molecule has 2 N–H and O–H groups in total. The lowest BCUT2D eigenvalue weighted by atomic mass is 10.0. The summed E-state index contributed by atoms with van der Waals surface area (Å²) in [4.78, 5) is 14.0. The van der Waals surface area contributed by atoms with E-state index in [-0.39, 0.29) is 17.9 Å². The molecule has 1 amide bonds. The summed E-state index contributed by atoms with van der Waals surface area (Å²) in [5, 5.41) is 4.31. The van der Waals surface area contributed by atoms with Gasteiger partial charge in [0, 0.05) is 19.3 Å². The van der Waals surface area contributed by atoms with Gasteiger partial charge in [-0.3, -0.25) is 9.48 Å². The molecule has 2 rings (SSSR count). The zero-order valence-electron chi connectivity index (χ0n) is 11.4. The second-order valence-electron chi connectivity index (χ2n) is 5.46. The summed E-state index contributed by atoms with van der Waals surface area (Å²) in [5.74, 6) is 0.266. The molecule has 6 heteroatoms. The molecule has 1 aliphatic rings. The van der Waals surface area contributed by atoms with E-state index in [1.165, 1.54) is 0 Å². The van der Waals surface area contributed by atoms with Crippen LogP contribution in [-0.4, -0.2) is 39.7 Å². The number of nitrogens with two attached hydrogens (primary N) is 1. The SMILES string of the molecule is CC(C)[C@H](N)C(=O)N1CCC(n2cc(Br)cn2)CC1. The van der Waals surface area contributed by atoms with Crippen LogP contribution >= 0.6 is 15.9 Å². The summed E-state index contributed by atoms with van der Waals surface area (Å²) in [7, 11) is 0. The van der Waals surface area contributed by atoms with E-state index in [2.05, 4.69) is 21.0 Å². The fourth-order valence-electron chi connectivity index (χ4n) is 2.36. The van der Waals surface area contributed by atoms with E-state index < -0.39 is 0 Å². The van der Waals surface area contributed by atoms with E-state index in [0.29, 0.717) is 6.04 Å². The van der Waals surface area contributed by atoms with Crippen LogP contribution in [0.5, 0.6) is 0 Å². The van der Waals surface area contributed by atoms with Crippen molar-refractivity contribution in [2.45, 2.75) is 38.8 Å². The van der Waals surface area contributed by atoms with E-state index in [9.17, 15) is 4.79 Å². The maximum Gasteiger partial charge on any atom is 0.239 e. The predicted molar refractivity (Wildman–Crippen MR) is 77.6 cm³/mol. The Balaban J connectivity index is 1.90. The van der Waals surface area contributed by atoms with Crippen LogP contribution in [0.1, 0.15) is 32.7 Å². The number of carbonyl (C=O) groups excluding carboxylic acids is 1. The number of carbonyl (C=O) groups is 1. The molecule has 1 aromatic rings. The summed E-state index contributed by atoms with van der Waals surface area (Å²) in [6, 6.07) is 0.000947. The lowest BCUT2D eigenvalue weighted by Crippen LogP contribution is -2.49. The lowest BCUT2D eigenvalue weighted by Gasteiger charge is -2.34. The Morgan fingerprint density at radius 1 is 1.47 bits per heavy atom. The third-order valence-electron chi connectivity index (χ3n) is 3.72. The molecule has 1 saturated heterocycles. The molecule has 1 aromatic heterocycles. The first-order valence-electron chi connectivity index (χ1n) is 6.73. The molecule has 19 heavy (non-hydrogen) atoms. The maximum absolute atomic E-state index is 12.2. The number of hydrogen-bond donors (Lipinski definition) is 1. The molecule has 5 nitrogen and oxygen atoms in total. The summed E-state index contributed by atoms with van der Waals surface area (Å²) in [5.41, 5.74) is 5.92. The second kappa shape index (κ2) is 6.05. The molecular weight excluding hydrogens is 308 g/mol. The molecule has 106 valence electrons. The van der Waals surface area contributed by atoms with Crippen molar-refractivity contribution in [3.05, 3.63) is 16.9 Å². The quantitative estimate of drug-likeness (QED) is 0.920. The standard InChI is InChI=1S/C13H21BrN4O/c1-9(2)12(15)13(19)17-5-3-11(4-6-17)18-8-10(14)7-16-18/h7-9,11-12H,3-6,15H2,1-2H3/t12-/m0/s1. The average Bonchev–Trinajstić information content (AvgIpc) is 2.84. The number of aromatic nitrogens is 2. The second-order valence-corrected chi connectivity index (χ2v) is 6.38. The summed E-state index contributed by atoms with van der Waals surface area (Å²) in [6.45, 7) is 5.50. The molecule has 1 aliphatic heterocycles. The van der Waals surface area contributed by atoms with Crippen LogP contribution in [0.25, 0.3) is 0 Å². The van der Waals surface area contributed by atoms with Gasteiger partial charge in [-0.15, -0.1) is 0 Å². The highest BCUT2D eigenvalue weighted by molar-refractivity contribution is 9.10. The van der Waals surface area contributed by atoms with E-state index in [1.807, 2.05) is 29.6 Å². The smallest absolute Gasteiger partial charge is 0.239 e. The molecule has 0 radical (unpaired) electrons. The van der Waals surface area contributed by atoms with Crippen LogP contribution < -0.4 is 5.73 Å². The Morgan fingerprint density at radius 3 is 2.58 bits per heavy atom. The number of rotatable bonds is 3. The Labute approximate surface area is 122 Å². The van der Waals surface area contributed by atoms with Crippen molar-refractivity contribution in [1.82, 2.24) is 14.7 Å². The van der Waals surface area contributed by atoms with Crippen LogP contribution in [0.15, 0.2) is 16.9 Å². The van der Waals surface area contributed by atoms with Crippen LogP contribution in [0.2, 0.25) is 0 Å². The van der Waals surface area contributed by atoms with Gasteiger partial charge in [0.15, 0.2) is 0 Å². The van der Waals surface area contributed by atoms with E-state index in [0.717, 1.165) is 30.4 Å². The predicted octanol–water partition coefficient (Wildman–Crippen LogP) is 1.79. The largest absolute Gasteiger partial charge is 0.341 e. The highest BCUT2D eigenvalue weighted by Crippen LogP contribution is 2.23. The van der Waals surface area contributed by atoms with Gasteiger partial charge in [-0.1, -0.05) is 13.8 Å². The van der Waals surface area contributed by atoms with Gasteiger partial charge in [0.1, 0.15) is 0 Å². The molecule has 0 unspecified atom stereocenters. The molecule has 1 fully saturated rings. The van der Waals surface area contributed by atoms with Crippen molar-refractivity contribution in [2.24, 2.45) is 11.7 Å². The summed E-state index contributed by atoms with van der Waals surface area (Å²) >= 11 is 3.40. The van der Waals surface area contributed by atoms with Gasteiger partial charge >= 0.3 is 0 Å². The number of amides is 1. The third kappa shape index (κ3) is 3.36. The fourth-order valence-corrected chi connectivity index (χ4v) is 2.66. The van der Waals surface area contributed by atoms with Crippen LogP contribution in [-0.2, 0) is 4.79 Å². The van der Waals surface area contributed by atoms with Crippen molar-refractivity contribution in [3.63, 3.8) is 0 Å². The Hall–Kier alpha value is -0.880. The van der Waals surface area contributed by atoms with E-state index in [1.54, 1.807) is 6.20 Å². The Morgan fingerprint density at radius 2 is 2.11 bits per heavy atom. The molecule has 2 heterocycles. The van der Waals surface area contributed by atoms with Crippen molar-refractivity contribution in [3.8, 4) is 0 Å². The number of nitrogens with zero attached hydrogens (tertiary/aromatic N) is 3. The van der Waals surface area contributed by atoms with Crippen LogP contribution in [0, 0.1) is 5.92 Å². The number of hydrogen-bond acceptors (Lipinski definition) is 3.